The smallest absolute Gasteiger partial charge is 0.321 e. The van der Waals surface area contributed by atoms with E-state index in [1.165, 1.54) is 12.8 Å². The number of rotatable bonds is 5. The maximum absolute atomic E-state index is 12.4. The van der Waals surface area contributed by atoms with E-state index in [-0.39, 0.29) is 6.03 Å². The first-order valence-corrected chi connectivity index (χ1v) is 8.92. The molecule has 1 aromatic carbocycles. The lowest BCUT2D eigenvalue weighted by Crippen LogP contribution is -2.44. The van der Waals surface area contributed by atoms with E-state index in [0.717, 1.165) is 30.4 Å². The number of aliphatic hydroxyl groups is 1. The number of carbonyl (C=O) groups is 1. The standard InChI is InChI=1S/C19H31N3O2/c1-5-21(14-19(3,4)24)18(23)20-16-7-6-8-17(13-16)22-11-9-15(2)10-12-22/h6-8,13,15,24H,5,9-12,14H2,1-4H3,(H,20,23). The molecule has 0 radical (unpaired) electrons. The molecule has 1 aliphatic rings. The molecule has 1 aromatic rings. The lowest BCUT2D eigenvalue weighted by atomic mass is 9.99. The van der Waals surface area contributed by atoms with Gasteiger partial charge in [0.15, 0.2) is 0 Å². The Morgan fingerprint density at radius 3 is 2.62 bits per heavy atom. The number of likely N-dealkylation sites (N-methyl/N-ethyl adjacent to an activating group) is 1. The van der Waals surface area contributed by atoms with Crippen molar-refractivity contribution in [2.45, 2.75) is 46.1 Å². The summed E-state index contributed by atoms with van der Waals surface area (Å²) in [5, 5.41) is 12.9. The fraction of sp³-hybridized carbons (Fsp3) is 0.632. The van der Waals surface area contributed by atoms with Crippen LogP contribution in [0.5, 0.6) is 0 Å². The lowest BCUT2D eigenvalue weighted by Gasteiger charge is -2.32. The lowest BCUT2D eigenvalue weighted by molar-refractivity contribution is 0.0501. The molecule has 2 amide bonds. The van der Waals surface area contributed by atoms with E-state index in [1.54, 1.807) is 18.7 Å². The van der Waals surface area contributed by atoms with Gasteiger partial charge < -0.3 is 20.2 Å². The van der Waals surface area contributed by atoms with Crippen molar-refractivity contribution in [1.82, 2.24) is 4.90 Å². The molecular formula is C19H31N3O2. The Morgan fingerprint density at radius 1 is 1.38 bits per heavy atom. The highest BCUT2D eigenvalue weighted by Gasteiger charge is 2.21. The van der Waals surface area contributed by atoms with Crippen molar-refractivity contribution in [1.29, 1.82) is 0 Å². The predicted octanol–water partition coefficient (Wildman–Crippen LogP) is 3.55. The second-order valence-electron chi connectivity index (χ2n) is 7.48. The van der Waals surface area contributed by atoms with Gasteiger partial charge in [-0.1, -0.05) is 13.0 Å². The van der Waals surface area contributed by atoms with Gasteiger partial charge >= 0.3 is 6.03 Å². The van der Waals surface area contributed by atoms with Crippen LogP contribution in [0.3, 0.4) is 0 Å². The molecule has 1 saturated heterocycles. The third kappa shape index (κ3) is 5.41. The first-order valence-electron chi connectivity index (χ1n) is 8.92. The quantitative estimate of drug-likeness (QED) is 0.866. The van der Waals surface area contributed by atoms with Crippen molar-refractivity contribution in [2.24, 2.45) is 5.92 Å². The molecule has 134 valence electrons. The Bertz CT molecular complexity index is 546. The van der Waals surface area contributed by atoms with E-state index in [2.05, 4.69) is 23.2 Å². The Morgan fingerprint density at radius 2 is 2.04 bits per heavy atom. The SMILES string of the molecule is CCN(CC(C)(C)O)C(=O)Nc1cccc(N2CCC(C)CC2)c1. The van der Waals surface area contributed by atoms with Crippen molar-refractivity contribution in [3.05, 3.63) is 24.3 Å². The van der Waals surface area contributed by atoms with Crippen LogP contribution in [-0.2, 0) is 0 Å². The zero-order valence-corrected chi connectivity index (χ0v) is 15.4. The van der Waals surface area contributed by atoms with Crippen LogP contribution in [0.2, 0.25) is 0 Å². The Kier molecular flexibility index (Phi) is 6.10. The van der Waals surface area contributed by atoms with Gasteiger partial charge in [-0.2, -0.15) is 0 Å². The van der Waals surface area contributed by atoms with E-state index in [0.29, 0.717) is 13.1 Å². The fourth-order valence-corrected chi connectivity index (χ4v) is 3.04. The summed E-state index contributed by atoms with van der Waals surface area (Å²) in [6.07, 6.45) is 2.43. The van der Waals surface area contributed by atoms with E-state index in [1.807, 2.05) is 25.1 Å². The summed E-state index contributed by atoms with van der Waals surface area (Å²) in [6.45, 7) is 10.6. The number of amides is 2. The Labute approximate surface area is 145 Å². The Hall–Kier alpha value is -1.75. The van der Waals surface area contributed by atoms with Gasteiger partial charge in [0.05, 0.1) is 12.1 Å². The van der Waals surface area contributed by atoms with Gasteiger partial charge in [0.1, 0.15) is 0 Å². The molecule has 0 atom stereocenters. The van der Waals surface area contributed by atoms with Gasteiger partial charge in [0.25, 0.3) is 0 Å². The monoisotopic (exact) mass is 333 g/mol. The van der Waals surface area contributed by atoms with Crippen LogP contribution in [0.25, 0.3) is 0 Å². The van der Waals surface area contributed by atoms with Crippen LogP contribution in [0, 0.1) is 5.92 Å². The van der Waals surface area contributed by atoms with E-state index < -0.39 is 5.60 Å². The van der Waals surface area contributed by atoms with Crippen molar-refractivity contribution in [3.63, 3.8) is 0 Å². The van der Waals surface area contributed by atoms with Crippen LogP contribution in [0.1, 0.15) is 40.5 Å². The minimum atomic E-state index is -0.903. The highest BCUT2D eigenvalue weighted by molar-refractivity contribution is 5.90. The maximum Gasteiger partial charge on any atom is 0.321 e. The van der Waals surface area contributed by atoms with Crippen molar-refractivity contribution >= 4 is 17.4 Å². The van der Waals surface area contributed by atoms with Gasteiger partial charge in [-0.05, 0) is 57.7 Å². The summed E-state index contributed by atoms with van der Waals surface area (Å²) in [7, 11) is 0. The zero-order chi connectivity index (χ0) is 17.7. The number of hydrogen-bond donors (Lipinski definition) is 2. The number of urea groups is 1. The predicted molar refractivity (Wildman–Crippen MR) is 99.6 cm³/mol. The molecule has 0 bridgehead atoms. The molecule has 5 heteroatoms. The Balaban J connectivity index is 2.02. The van der Waals surface area contributed by atoms with Crippen LogP contribution >= 0.6 is 0 Å². The first-order chi connectivity index (χ1) is 11.3. The van der Waals surface area contributed by atoms with Gasteiger partial charge in [0, 0.05) is 31.0 Å². The van der Waals surface area contributed by atoms with E-state index >= 15 is 0 Å². The molecule has 0 spiro atoms. The molecule has 5 nitrogen and oxygen atoms in total. The first kappa shape index (κ1) is 18.6. The zero-order valence-electron chi connectivity index (χ0n) is 15.4. The van der Waals surface area contributed by atoms with Crippen molar-refractivity contribution in [3.8, 4) is 0 Å². The number of hydrogen-bond acceptors (Lipinski definition) is 3. The van der Waals surface area contributed by atoms with Crippen LogP contribution < -0.4 is 10.2 Å². The van der Waals surface area contributed by atoms with E-state index in [4.69, 9.17) is 0 Å². The summed E-state index contributed by atoms with van der Waals surface area (Å²) in [5.41, 5.74) is 1.05. The minimum Gasteiger partial charge on any atom is -0.389 e. The number of carbonyl (C=O) groups excluding carboxylic acids is 1. The molecule has 2 rings (SSSR count). The summed E-state index contributed by atoms with van der Waals surface area (Å²) in [4.78, 5) is 16.4. The minimum absolute atomic E-state index is 0.177. The average Bonchev–Trinajstić information content (AvgIpc) is 2.52. The van der Waals surface area contributed by atoms with Gasteiger partial charge in [-0.3, -0.25) is 0 Å². The van der Waals surface area contributed by atoms with Gasteiger partial charge in [-0.15, -0.1) is 0 Å². The van der Waals surface area contributed by atoms with Crippen LogP contribution in [-0.4, -0.2) is 47.8 Å². The fourth-order valence-electron chi connectivity index (χ4n) is 3.04. The average molecular weight is 333 g/mol. The topological polar surface area (TPSA) is 55.8 Å². The second kappa shape index (κ2) is 7.88. The molecule has 0 aliphatic carbocycles. The largest absolute Gasteiger partial charge is 0.389 e. The molecule has 0 unspecified atom stereocenters. The summed E-state index contributed by atoms with van der Waals surface area (Å²) in [5.74, 6) is 0.795. The third-order valence-electron chi connectivity index (χ3n) is 4.49. The summed E-state index contributed by atoms with van der Waals surface area (Å²) in [6, 6.07) is 7.84. The van der Waals surface area contributed by atoms with Crippen LogP contribution in [0.15, 0.2) is 24.3 Å². The highest BCUT2D eigenvalue weighted by Crippen LogP contribution is 2.25. The third-order valence-corrected chi connectivity index (χ3v) is 4.49. The molecule has 1 heterocycles. The molecule has 1 aliphatic heterocycles. The normalized spacial score (nSPS) is 16.1. The van der Waals surface area contributed by atoms with Crippen molar-refractivity contribution in [2.75, 3.05) is 36.4 Å². The summed E-state index contributed by atoms with van der Waals surface area (Å²) >= 11 is 0. The van der Waals surface area contributed by atoms with Crippen molar-refractivity contribution < 1.29 is 9.90 Å². The number of piperidine rings is 1. The molecule has 0 saturated carbocycles. The molecular weight excluding hydrogens is 302 g/mol. The number of nitrogens with one attached hydrogen (secondary N) is 1. The highest BCUT2D eigenvalue weighted by atomic mass is 16.3. The number of nitrogens with zero attached hydrogens (tertiary/aromatic N) is 2. The van der Waals surface area contributed by atoms with Crippen LogP contribution in [0.4, 0.5) is 16.2 Å². The van der Waals surface area contributed by atoms with Gasteiger partial charge in [-0.25, -0.2) is 4.79 Å². The molecule has 1 fully saturated rings. The number of benzene rings is 1. The van der Waals surface area contributed by atoms with E-state index in [9.17, 15) is 9.90 Å². The second-order valence-corrected chi connectivity index (χ2v) is 7.48. The molecule has 24 heavy (non-hydrogen) atoms. The summed E-state index contributed by atoms with van der Waals surface area (Å²) < 4.78 is 0. The molecule has 0 aromatic heterocycles. The number of anilines is 2. The molecule has 2 N–H and O–H groups in total. The van der Waals surface area contributed by atoms with Gasteiger partial charge in [0.2, 0.25) is 0 Å². The maximum atomic E-state index is 12.4.